The summed E-state index contributed by atoms with van der Waals surface area (Å²) >= 11 is 0. The van der Waals surface area contributed by atoms with Crippen LogP contribution in [0.3, 0.4) is 0 Å². The van der Waals surface area contributed by atoms with Crippen molar-refractivity contribution in [3.05, 3.63) is 47.5 Å². The lowest BCUT2D eigenvalue weighted by Crippen LogP contribution is -2.57. The van der Waals surface area contributed by atoms with E-state index >= 15 is 0 Å². The Balaban J connectivity index is 2.05. The molecule has 0 radical (unpaired) electrons. The zero-order chi connectivity index (χ0) is 29.9. The molecule has 0 saturated heterocycles. The van der Waals surface area contributed by atoms with E-state index in [0.29, 0.717) is 54.5 Å². The quantitative estimate of drug-likeness (QED) is 0.179. The standard InChI is InChI=1S/C29H42N6O6/c30-10-1-3-21(9-12-36)33-29(41)24-16-20-14-18(6-8-26(20)38)17-5-7-25(37)19(13-17)15-22(32)27(39)34-23(4-2-11-31)28(40)35-24/h5-8,13-14,21-24,36-38H,1-4,9-12,15-16,30-32H2,(H,33,41)(H,34,39)(H,35,40)/t21?,22-,23-,24?/m0/s1. The highest BCUT2D eigenvalue weighted by molar-refractivity contribution is 5.93. The number of amides is 3. The number of hydrogen-bond donors (Lipinski definition) is 9. The van der Waals surface area contributed by atoms with Gasteiger partial charge in [-0.2, -0.15) is 0 Å². The summed E-state index contributed by atoms with van der Waals surface area (Å²) < 4.78 is 0. The fourth-order valence-corrected chi connectivity index (χ4v) is 4.87. The lowest BCUT2D eigenvalue weighted by atomic mass is 9.95. The van der Waals surface area contributed by atoms with Crippen molar-refractivity contribution < 1.29 is 29.7 Å². The minimum atomic E-state index is -1.12. The molecule has 3 rings (SSSR count). The number of fused-ring (bicyclic) bond motifs is 5. The lowest BCUT2D eigenvalue weighted by molar-refractivity contribution is -0.132. The van der Waals surface area contributed by atoms with Crippen LogP contribution in [-0.4, -0.2) is 76.9 Å². The van der Waals surface area contributed by atoms with Crippen molar-refractivity contribution in [2.75, 3.05) is 19.7 Å². The number of phenolic OH excluding ortho intramolecular Hbond substituents is 2. The summed E-state index contributed by atoms with van der Waals surface area (Å²) in [7, 11) is 0. The average molecular weight is 571 g/mol. The second-order valence-electron chi connectivity index (χ2n) is 10.4. The first-order valence-electron chi connectivity index (χ1n) is 14.0. The summed E-state index contributed by atoms with van der Waals surface area (Å²) in [6, 6.07) is 6.26. The predicted octanol–water partition coefficient (Wildman–Crippen LogP) is -0.495. The van der Waals surface area contributed by atoms with Crippen LogP contribution in [0.15, 0.2) is 36.4 Å². The molecule has 2 aromatic carbocycles. The molecular weight excluding hydrogens is 528 g/mol. The Labute approximate surface area is 239 Å². The van der Waals surface area contributed by atoms with Gasteiger partial charge in [-0.25, -0.2) is 0 Å². The highest BCUT2D eigenvalue weighted by atomic mass is 16.3. The van der Waals surface area contributed by atoms with E-state index in [1.165, 1.54) is 12.1 Å². The molecular formula is C29H42N6O6. The Bertz CT molecular complexity index is 1210. The molecule has 41 heavy (non-hydrogen) atoms. The minimum absolute atomic E-state index is 0.0156. The molecule has 12 nitrogen and oxygen atoms in total. The van der Waals surface area contributed by atoms with Crippen molar-refractivity contribution in [2.45, 2.75) is 69.1 Å². The van der Waals surface area contributed by atoms with E-state index in [-0.39, 0.29) is 50.0 Å². The van der Waals surface area contributed by atoms with E-state index < -0.39 is 35.8 Å². The molecule has 4 atom stereocenters. The normalized spacial score (nSPS) is 20.2. The maximum Gasteiger partial charge on any atom is 0.243 e. The van der Waals surface area contributed by atoms with Crippen LogP contribution in [0, 0.1) is 0 Å². The number of aliphatic hydroxyl groups excluding tert-OH is 1. The molecule has 1 aliphatic heterocycles. The number of nitrogens with one attached hydrogen (secondary N) is 3. The van der Waals surface area contributed by atoms with Crippen LogP contribution in [-0.2, 0) is 27.2 Å². The Morgan fingerprint density at radius 3 is 2.10 bits per heavy atom. The third kappa shape index (κ3) is 8.89. The summed E-state index contributed by atoms with van der Waals surface area (Å²) in [6.07, 6.45) is 2.08. The first kappa shape index (κ1) is 31.8. The molecule has 0 fully saturated rings. The van der Waals surface area contributed by atoms with Crippen molar-refractivity contribution in [1.29, 1.82) is 0 Å². The largest absolute Gasteiger partial charge is 0.508 e. The van der Waals surface area contributed by atoms with E-state index in [2.05, 4.69) is 16.0 Å². The third-order valence-corrected chi connectivity index (χ3v) is 7.24. The molecule has 1 heterocycles. The number of hydrogen-bond acceptors (Lipinski definition) is 9. The number of carbonyl (C=O) groups is 3. The van der Waals surface area contributed by atoms with Gasteiger partial charge >= 0.3 is 0 Å². The Hall–Kier alpha value is -3.71. The molecule has 3 amide bonds. The van der Waals surface area contributed by atoms with Crippen LogP contribution in [0.5, 0.6) is 11.5 Å². The number of phenols is 2. The monoisotopic (exact) mass is 570 g/mol. The van der Waals surface area contributed by atoms with Gasteiger partial charge in [0.25, 0.3) is 0 Å². The van der Waals surface area contributed by atoms with Gasteiger partial charge in [-0.15, -0.1) is 0 Å². The van der Waals surface area contributed by atoms with Gasteiger partial charge in [0, 0.05) is 25.5 Å². The zero-order valence-corrected chi connectivity index (χ0v) is 23.1. The number of nitrogens with two attached hydrogens (primary N) is 3. The van der Waals surface area contributed by atoms with Crippen LogP contribution < -0.4 is 33.2 Å². The van der Waals surface area contributed by atoms with Crippen LogP contribution in [0.1, 0.15) is 43.2 Å². The van der Waals surface area contributed by atoms with Gasteiger partial charge in [0.05, 0.1) is 6.04 Å². The number of rotatable bonds is 10. The molecule has 12 heteroatoms. The summed E-state index contributed by atoms with van der Waals surface area (Å²) in [6.45, 7) is 0.556. The van der Waals surface area contributed by atoms with Gasteiger partial charge in [-0.1, -0.05) is 12.1 Å². The molecule has 0 aromatic heterocycles. The first-order valence-corrected chi connectivity index (χ1v) is 14.0. The van der Waals surface area contributed by atoms with Gasteiger partial charge in [0.1, 0.15) is 23.6 Å². The highest BCUT2D eigenvalue weighted by Crippen LogP contribution is 2.31. The van der Waals surface area contributed by atoms with E-state index in [9.17, 15) is 29.7 Å². The van der Waals surface area contributed by atoms with Gasteiger partial charge < -0.3 is 48.5 Å². The average Bonchev–Trinajstić information content (AvgIpc) is 2.95. The minimum Gasteiger partial charge on any atom is -0.508 e. The van der Waals surface area contributed by atoms with E-state index in [1.54, 1.807) is 24.3 Å². The maximum absolute atomic E-state index is 13.5. The summed E-state index contributed by atoms with van der Waals surface area (Å²) in [4.78, 5) is 40.0. The number of carbonyl (C=O) groups excluding carboxylic acids is 3. The Kier molecular flexibility index (Phi) is 11.9. The van der Waals surface area contributed by atoms with Gasteiger partial charge in [-0.3, -0.25) is 14.4 Å². The van der Waals surface area contributed by atoms with Gasteiger partial charge in [0.2, 0.25) is 17.7 Å². The Morgan fingerprint density at radius 2 is 1.51 bits per heavy atom. The highest BCUT2D eigenvalue weighted by Gasteiger charge is 2.30. The van der Waals surface area contributed by atoms with Crippen molar-refractivity contribution in [3.8, 4) is 22.6 Å². The molecule has 12 N–H and O–H groups in total. The second kappa shape index (κ2) is 15.3. The predicted molar refractivity (Wildman–Crippen MR) is 155 cm³/mol. The van der Waals surface area contributed by atoms with Crippen LogP contribution in [0.2, 0.25) is 0 Å². The Morgan fingerprint density at radius 1 is 0.902 bits per heavy atom. The lowest BCUT2D eigenvalue weighted by Gasteiger charge is -2.26. The molecule has 2 unspecified atom stereocenters. The number of aliphatic hydroxyl groups is 1. The fraction of sp³-hybridized carbons (Fsp3) is 0.483. The molecule has 0 spiro atoms. The second-order valence-corrected chi connectivity index (χ2v) is 10.4. The summed E-state index contributed by atoms with van der Waals surface area (Å²) in [5.74, 6) is -1.79. The zero-order valence-electron chi connectivity index (χ0n) is 23.1. The summed E-state index contributed by atoms with van der Waals surface area (Å²) in [5.41, 5.74) is 19.7. The van der Waals surface area contributed by atoms with E-state index in [4.69, 9.17) is 17.2 Å². The molecule has 0 saturated carbocycles. The van der Waals surface area contributed by atoms with Gasteiger partial charge in [-0.05, 0) is 91.7 Å². The van der Waals surface area contributed by atoms with Crippen molar-refractivity contribution in [2.24, 2.45) is 17.2 Å². The SMILES string of the molecule is NCCCC(CCO)NC(=O)C1Cc2cc(ccc2O)-c2ccc(O)c(c2)C[C@H](N)C(=O)N[C@@H](CCCN)C(=O)N1. The first-order chi connectivity index (χ1) is 19.7. The van der Waals surface area contributed by atoms with Gasteiger partial charge in [0.15, 0.2) is 0 Å². The third-order valence-electron chi connectivity index (χ3n) is 7.24. The number of aromatic hydroxyl groups is 2. The molecule has 4 bridgehead atoms. The van der Waals surface area contributed by atoms with Crippen molar-refractivity contribution in [1.82, 2.24) is 16.0 Å². The van der Waals surface area contributed by atoms with Crippen LogP contribution in [0.4, 0.5) is 0 Å². The molecule has 2 aromatic rings. The van der Waals surface area contributed by atoms with Crippen LogP contribution >= 0.6 is 0 Å². The van der Waals surface area contributed by atoms with Crippen molar-refractivity contribution >= 4 is 17.7 Å². The summed E-state index contributed by atoms with van der Waals surface area (Å²) in [5, 5.41) is 39.0. The van der Waals surface area contributed by atoms with E-state index in [1.807, 2.05) is 0 Å². The maximum atomic E-state index is 13.5. The van der Waals surface area contributed by atoms with Crippen molar-refractivity contribution in [3.63, 3.8) is 0 Å². The molecule has 0 aliphatic carbocycles. The van der Waals surface area contributed by atoms with E-state index in [0.717, 1.165) is 0 Å². The molecule has 1 aliphatic rings. The fourth-order valence-electron chi connectivity index (χ4n) is 4.87. The molecule has 224 valence electrons. The topological polar surface area (TPSA) is 226 Å². The smallest absolute Gasteiger partial charge is 0.243 e. The van der Waals surface area contributed by atoms with Crippen LogP contribution in [0.25, 0.3) is 11.1 Å². The number of benzene rings is 2.